The number of carbonyl (C=O) groups excluding carboxylic acids is 1. The van der Waals surface area contributed by atoms with E-state index in [2.05, 4.69) is 19.9 Å². The van der Waals surface area contributed by atoms with Crippen LogP contribution in [0, 0.1) is 0 Å². The minimum absolute atomic E-state index is 0.120. The van der Waals surface area contributed by atoms with Crippen LogP contribution in [0.4, 0.5) is 5.69 Å². The minimum Gasteiger partial charge on any atom is -0.398 e. The topological polar surface area (TPSA) is 46.3 Å². The van der Waals surface area contributed by atoms with Crippen LogP contribution < -0.4 is 5.73 Å². The number of hydrogen-bond donors (Lipinski definition) is 1. The van der Waals surface area contributed by atoms with E-state index in [1.165, 1.54) is 18.4 Å². The van der Waals surface area contributed by atoms with E-state index in [9.17, 15) is 4.79 Å². The molecule has 96 valence electrons. The summed E-state index contributed by atoms with van der Waals surface area (Å²) in [5.74, 6) is 0.120. The Balaban J connectivity index is 2.11. The first-order chi connectivity index (χ1) is 8.59. The average Bonchev–Trinajstić information content (AvgIpc) is 3.14. The molecule has 1 spiro atoms. The highest BCUT2D eigenvalue weighted by Crippen LogP contribution is 2.53. The molecule has 2 aliphatic rings. The molecule has 1 heterocycles. The van der Waals surface area contributed by atoms with Crippen LogP contribution in [0.25, 0.3) is 0 Å². The number of benzene rings is 1. The van der Waals surface area contributed by atoms with Gasteiger partial charge in [-0.25, -0.2) is 0 Å². The lowest BCUT2D eigenvalue weighted by Gasteiger charge is -2.38. The van der Waals surface area contributed by atoms with Gasteiger partial charge < -0.3 is 10.6 Å². The maximum atomic E-state index is 12.6. The van der Waals surface area contributed by atoms with Crippen molar-refractivity contribution < 1.29 is 4.79 Å². The fourth-order valence-corrected chi connectivity index (χ4v) is 3.03. The zero-order valence-electron chi connectivity index (χ0n) is 11.1. The van der Waals surface area contributed by atoms with Crippen LogP contribution in [-0.2, 0) is 5.41 Å². The monoisotopic (exact) mass is 244 g/mol. The smallest absolute Gasteiger partial charge is 0.256 e. The van der Waals surface area contributed by atoms with Gasteiger partial charge in [-0.1, -0.05) is 19.1 Å². The summed E-state index contributed by atoms with van der Waals surface area (Å²) in [6.45, 7) is 5.12. The van der Waals surface area contributed by atoms with Crippen molar-refractivity contribution in [2.45, 2.75) is 44.6 Å². The molecule has 1 aliphatic heterocycles. The Labute approximate surface area is 108 Å². The molecular weight excluding hydrogens is 224 g/mol. The minimum atomic E-state index is 0.120. The van der Waals surface area contributed by atoms with Gasteiger partial charge in [0.25, 0.3) is 5.91 Å². The fraction of sp³-hybridized carbons (Fsp3) is 0.533. The van der Waals surface area contributed by atoms with E-state index < -0.39 is 0 Å². The summed E-state index contributed by atoms with van der Waals surface area (Å²) in [4.78, 5) is 14.6. The number of hydrogen-bond acceptors (Lipinski definition) is 2. The predicted octanol–water partition coefficient (Wildman–Crippen LogP) is 2.55. The zero-order valence-corrected chi connectivity index (χ0v) is 11.1. The Morgan fingerprint density at radius 2 is 2.17 bits per heavy atom. The second-order valence-electron chi connectivity index (χ2n) is 5.74. The lowest BCUT2D eigenvalue weighted by atomic mass is 9.85. The number of nitrogens with zero attached hydrogens (tertiary/aromatic N) is 1. The maximum absolute atomic E-state index is 12.6. The van der Waals surface area contributed by atoms with Crippen molar-refractivity contribution in [3.8, 4) is 0 Å². The van der Waals surface area contributed by atoms with E-state index >= 15 is 0 Å². The van der Waals surface area contributed by atoms with Gasteiger partial charge in [-0.05, 0) is 37.8 Å². The highest BCUT2D eigenvalue weighted by Gasteiger charge is 2.52. The van der Waals surface area contributed by atoms with Gasteiger partial charge in [-0.3, -0.25) is 4.79 Å². The van der Waals surface area contributed by atoms with E-state index in [1.54, 1.807) is 0 Å². The van der Waals surface area contributed by atoms with Crippen LogP contribution in [-0.4, -0.2) is 23.4 Å². The summed E-state index contributed by atoms with van der Waals surface area (Å²) < 4.78 is 0. The lowest BCUT2D eigenvalue weighted by Crippen LogP contribution is -2.48. The first kappa shape index (κ1) is 11.6. The third-order valence-electron chi connectivity index (χ3n) is 4.59. The van der Waals surface area contributed by atoms with Gasteiger partial charge in [0.15, 0.2) is 0 Å². The molecule has 1 saturated carbocycles. The molecule has 1 fully saturated rings. The van der Waals surface area contributed by atoms with Crippen molar-refractivity contribution >= 4 is 11.6 Å². The number of carbonyl (C=O) groups is 1. The molecule has 1 atom stereocenters. The summed E-state index contributed by atoms with van der Waals surface area (Å²) in [5.41, 5.74) is 8.84. The van der Waals surface area contributed by atoms with Crippen molar-refractivity contribution in [3.05, 3.63) is 29.3 Å². The molecule has 18 heavy (non-hydrogen) atoms. The lowest BCUT2D eigenvalue weighted by molar-refractivity contribution is 0.0638. The van der Waals surface area contributed by atoms with E-state index in [0.29, 0.717) is 11.7 Å². The van der Waals surface area contributed by atoms with Crippen LogP contribution >= 0.6 is 0 Å². The largest absolute Gasteiger partial charge is 0.398 e. The predicted molar refractivity (Wildman–Crippen MR) is 72.6 cm³/mol. The number of fused-ring (bicyclic) bond motifs is 2. The second-order valence-corrected chi connectivity index (χ2v) is 5.74. The Morgan fingerprint density at radius 1 is 1.44 bits per heavy atom. The third kappa shape index (κ3) is 1.46. The van der Waals surface area contributed by atoms with E-state index in [4.69, 9.17) is 5.73 Å². The van der Waals surface area contributed by atoms with Crippen LogP contribution in [0.5, 0.6) is 0 Å². The van der Waals surface area contributed by atoms with Gasteiger partial charge in [0.05, 0.1) is 5.56 Å². The number of amides is 1. The molecule has 1 amide bonds. The Morgan fingerprint density at radius 3 is 2.78 bits per heavy atom. The van der Waals surface area contributed by atoms with E-state index in [-0.39, 0.29) is 11.3 Å². The Bertz CT molecular complexity index is 505. The quantitative estimate of drug-likeness (QED) is 0.813. The van der Waals surface area contributed by atoms with Crippen LogP contribution in [0.15, 0.2) is 18.2 Å². The SMILES string of the molecule is CCC(C)N1CC2(CC2)c2cccc(N)c2C1=O. The molecule has 0 saturated heterocycles. The van der Waals surface area contributed by atoms with Gasteiger partial charge in [-0.15, -0.1) is 0 Å². The molecule has 1 aliphatic carbocycles. The van der Waals surface area contributed by atoms with Gasteiger partial charge in [0.2, 0.25) is 0 Å². The number of rotatable bonds is 2. The van der Waals surface area contributed by atoms with E-state index in [1.807, 2.05) is 17.0 Å². The molecule has 3 nitrogen and oxygen atoms in total. The molecule has 1 unspecified atom stereocenters. The highest BCUT2D eigenvalue weighted by atomic mass is 16.2. The first-order valence-corrected chi connectivity index (χ1v) is 6.79. The molecule has 0 aromatic heterocycles. The molecule has 1 aromatic rings. The number of anilines is 1. The Kier molecular flexibility index (Phi) is 2.40. The van der Waals surface area contributed by atoms with Crippen LogP contribution in [0.3, 0.4) is 0 Å². The summed E-state index contributed by atoms with van der Waals surface area (Å²) in [6.07, 6.45) is 3.36. The standard InChI is InChI=1S/C15H20N2O/c1-3-10(2)17-9-15(7-8-15)11-5-4-6-12(16)13(11)14(17)18/h4-6,10H,3,7-9,16H2,1-2H3. The molecule has 3 heteroatoms. The van der Waals surface area contributed by atoms with Gasteiger partial charge in [-0.2, -0.15) is 0 Å². The van der Waals surface area contributed by atoms with Crippen molar-refractivity contribution in [1.29, 1.82) is 0 Å². The molecule has 1 aromatic carbocycles. The maximum Gasteiger partial charge on any atom is 0.256 e. The van der Waals surface area contributed by atoms with E-state index in [0.717, 1.165) is 18.5 Å². The third-order valence-corrected chi connectivity index (χ3v) is 4.59. The summed E-state index contributed by atoms with van der Waals surface area (Å²) in [6, 6.07) is 6.19. The summed E-state index contributed by atoms with van der Waals surface area (Å²) >= 11 is 0. The average molecular weight is 244 g/mol. The fourth-order valence-electron chi connectivity index (χ4n) is 3.03. The molecule has 2 N–H and O–H groups in total. The van der Waals surface area contributed by atoms with Crippen molar-refractivity contribution in [1.82, 2.24) is 4.90 Å². The molecule has 3 rings (SSSR count). The molecule has 0 radical (unpaired) electrons. The van der Waals surface area contributed by atoms with Crippen molar-refractivity contribution in [2.75, 3.05) is 12.3 Å². The van der Waals surface area contributed by atoms with Crippen LogP contribution in [0.1, 0.15) is 49.0 Å². The Hall–Kier alpha value is -1.51. The van der Waals surface area contributed by atoms with Gasteiger partial charge in [0, 0.05) is 23.7 Å². The number of nitrogen functional groups attached to an aromatic ring is 1. The van der Waals surface area contributed by atoms with Gasteiger partial charge >= 0.3 is 0 Å². The van der Waals surface area contributed by atoms with Crippen LogP contribution in [0.2, 0.25) is 0 Å². The highest BCUT2D eigenvalue weighted by molar-refractivity contribution is 6.02. The van der Waals surface area contributed by atoms with Crippen molar-refractivity contribution in [2.24, 2.45) is 0 Å². The van der Waals surface area contributed by atoms with Gasteiger partial charge in [0.1, 0.15) is 0 Å². The normalized spacial score (nSPS) is 21.9. The van der Waals surface area contributed by atoms with Crippen molar-refractivity contribution in [3.63, 3.8) is 0 Å². The molecule has 0 bridgehead atoms. The number of nitrogens with two attached hydrogens (primary N) is 1. The second kappa shape index (κ2) is 3.74. The molecular formula is C15H20N2O. The summed E-state index contributed by atoms with van der Waals surface area (Å²) in [5, 5.41) is 0. The first-order valence-electron chi connectivity index (χ1n) is 6.79. The zero-order chi connectivity index (χ0) is 12.9. The summed E-state index contributed by atoms with van der Waals surface area (Å²) in [7, 11) is 0.